The van der Waals surface area contributed by atoms with Crippen molar-refractivity contribution in [3.05, 3.63) is 35.9 Å². The molecule has 1 aromatic carbocycles. The van der Waals surface area contributed by atoms with E-state index in [4.69, 9.17) is 0 Å². The van der Waals surface area contributed by atoms with E-state index in [1.54, 1.807) is 0 Å². The molecular weight excluding hydrogens is 300 g/mol. The van der Waals surface area contributed by atoms with Crippen LogP contribution < -0.4 is 23.6 Å². The predicted molar refractivity (Wildman–Crippen MR) is 66.5 cm³/mol. The first-order valence-electron chi connectivity index (χ1n) is 5.71. The molecule has 5 nitrogen and oxygen atoms in total. The first-order valence-corrected chi connectivity index (χ1v) is 5.71. The summed E-state index contributed by atoms with van der Waals surface area (Å²) in [5.41, 5.74) is -0.116. The van der Waals surface area contributed by atoms with Crippen LogP contribution in [0.1, 0.15) is 13.9 Å². The van der Waals surface area contributed by atoms with Crippen LogP contribution in [0.3, 0.4) is 0 Å². The average Bonchev–Trinajstić information content (AvgIpc) is 2.37. The third-order valence-corrected chi connectivity index (χ3v) is 2.11. The molecule has 0 saturated heterocycles. The first-order chi connectivity index (χ1) is 9.73. The Hall–Kier alpha value is -1.91. The molecule has 0 aliphatic heterocycles. The molecule has 0 amide bonds. The number of aliphatic hydroxyl groups is 1. The van der Waals surface area contributed by atoms with Crippen LogP contribution in [-0.4, -0.2) is 29.8 Å². The molecule has 0 bridgehead atoms. The van der Waals surface area contributed by atoms with Crippen molar-refractivity contribution in [2.24, 2.45) is 0 Å². The second kappa shape index (κ2) is 8.51. The Labute approximate surface area is 137 Å². The van der Waals surface area contributed by atoms with E-state index in [9.17, 15) is 27.9 Å². The minimum Gasteiger partial charge on any atom is -1.00 e. The molecule has 0 saturated carbocycles. The van der Waals surface area contributed by atoms with Crippen LogP contribution >= 0.6 is 0 Å². The fraction of sp³-hybridized carbons (Fsp3) is 0.231. The van der Waals surface area contributed by atoms with E-state index in [0.717, 1.165) is 12.1 Å². The molecular formula is C13H12F3LiO5. The number of rotatable bonds is 5. The summed E-state index contributed by atoms with van der Waals surface area (Å²) >= 11 is 0. The number of hydrogen-bond acceptors (Lipinski definition) is 5. The summed E-state index contributed by atoms with van der Waals surface area (Å²) in [4.78, 5) is 22.4. The van der Waals surface area contributed by atoms with Gasteiger partial charge in [0, 0.05) is 11.6 Å². The predicted octanol–water partition coefficient (Wildman–Crippen LogP) is -0.267. The van der Waals surface area contributed by atoms with Gasteiger partial charge < -0.3 is 16.0 Å². The summed E-state index contributed by atoms with van der Waals surface area (Å²) in [5, 5.41) is 9.63. The monoisotopic (exact) mass is 312 g/mol. The van der Waals surface area contributed by atoms with Crippen molar-refractivity contribution in [1.29, 1.82) is 0 Å². The molecule has 0 unspecified atom stereocenters. The average molecular weight is 312 g/mol. The zero-order valence-corrected chi connectivity index (χ0v) is 11.8. The molecule has 0 aliphatic rings. The molecule has 0 heterocycles. The molecule has 1 aromatic rings. The van der Waals surface area contributed by atoms with Gasteiger partial charge in [-0.2, -0.15) is 0 Å². The van der Waals surface area contributed by atoms with Crippen molar-refractivity contribution in [3.63, 3.8) is 0 Å². The molecule has 0 spiro atoms. The van der Waals surface area contributed by atoms with Crippen LogP contribution in [-0.2, 0) is 14.3 Å². The Morgan fingerprint density at radius 1 is 1.36 bits per heavy atom. The van der Waals surface area contributed by atoms with Crippen molar-refractivity contribution in [2.75, 3.05) is 6.61 Å². The van der Waals surface area contributed by atoms with Gasteiger partial charge in [-0.05, 0) is 19.1 Å². The largest absolute Gasteiger partial charge is 1.00 e. The van der Waals surface area contributed by atoms with Crippen LogP contribution in [0.5, 0.6) is 5.75 Å². The number of hydrogen-bond donors (Lipinski definition) is 1. The molecule has 1 N–H and O–H groups in total. The van der Waals surface area contributed by atoms with Gasteiger partial charge in [0.05, 0.1) is 6.61 Å². The van der Waals surface area contributed by atoms with Crippen LogP contribution in [0.25, 0.3) is 5.76 Å². The number of esters is 1. The van der Waals surface area contributed by atoms with E-state index in [2.05, 4.69) is 9.47 Å². The smallest absolute Gasteiger partial charge is 1.00 e. The van der Waals surface area contributed by atoms with Crippen LogP contribution in [0, 0.1) is 0 Å². The topological polar surface area (TPSA) is 72.8 Å². The molecule has 0 aliphatic carbocycles. The number of ketones is 1. The molecule has 116 valence electrons. The zero-order chi connectivity index (χ0) is 16.0. The minimum absolute atomic E-state index is 0. The van der Waals surface area contributed by atoms with E-state index in [1.807, 2.05) is 0 Å². The molecule has 0 atom stereocenters. The summed E-state index contributed by atoms with van der Waals surface area (Å²) in [6, 6.07) is 4.33. The first kappa shape index (κ1) is 20.1. The Bertz CT molecular complexity index is 575. The standard InChI is InChI=1S/C13H11F3O5.Li.H/c1-2-20-12(19)11(18)7-10(17)8-4-3-5-9(6-8)21-13(14,15)16;;/h3-7,17H,2H2,1H3;;/q;+1;-1. The maximum atomic E-state index is 12.1. The quantitative estimate of drug-likeness (QED) is 0.266. The van der Waals surface area contributed by atoms with Gasteiger partial charge in [-0.15, -0.1) is 13.2 Å². The number of ether oxygens (including phenoxy) is 2. The number of halogens is 3. The molecule has 9 heteroatoms. The fourth-order valence-corrected chi connectivity index (χ4v) is 1.32. The fourth-order valence-electron chi connectivity index (χ4n) is 1.32. The molecule has 1 rings (SSSR count). The molecule has 0 aromatic heterocycles. The maximum Gasteiger partial charge on any atom is 1.00 e. The van der Waals surface area contributed by atoms with Gasteiger partial charge in [0.15, 0.2) is 0 Å². The van der Waals surface area contributed by atoms with Crippen molar-refractivity contribution >= 4 is 17.5 Å². The summed E-state index contributed by atoms with van der Waals surface area (Å²) in [6.45, 7) is 1.47. The Morgan fingerprint density at radius 2 is 2.00 bits per heavy atom. The van der Waals surface area contributed by atoms with Crippen molar-refractivity contribution in [3.8, 4) is 5.75 Å². The summed E-state index contributed by atoms with van der Waals surface area (Å²) in [5.74, 6) is -3.55. The second-order valence-electron chi connectivity index (χ2n) is 3.69. The number of carbonyl (C=O) groups is 2. The zero-order valence-electron chi connectivity index (χ0n) is 12.8. The van der Waals surface area contributed by atoms with Crippen molar-refractivity contribution in [2.45, 2.75) is 13.3 Å². The van der Waals surface area contributed by atoms with Crippen LogP contribution in [0.15, 0.2) is 30.3 Å². The normalized spacial score (nSPS) is 11.4. The number of aliphatic hydroxyl groups excluding tert-OH is 1. The molecule has 22 heavy (non-hydrogen) atoms. The Kier molecular flexibility index (Phi) is 7.77. The SMILES string of the molecule is CCOC(=O)C(=O)C=C(O)c1cccc(OC(F)(F)F)c1.[H-].[Li+]. The maximum absolute atomic E-state index is 12.1. The van der Waals surface area contributed by atoms with E-state index in [1.165, 1.54) is 19.1 Å². The summed E-state index contributed by atoms with van der Waals surface area (Å²) < 4.78 is 44.3. The van der Waals surface area contributed by atoms with Gasteiger partial charge in [-0.3, -0.25) is 4.79 Å². The van der Waals surface area contributed by atoms with Crippen LogP contribution in [0.2, 0.25) is 0 Å². The molecule has 0 fully saturated rings. The third kappa shape index (κ3) is 6.69. The number of carbonyl (C=O) groups excluding carboxylic acids is 2. The minimum atomic E-state index is -4.88. The van der Waals surface area contributed by atoms with E-state index < -0.39 is 29.6 Å². The Morgan fingerprint density at radius 3 is 2.55 bits per heavy atom. The van der Waals surface area contributed by atoms with Gasteiger partial charge >= 0.3 is 31.2 Å². The van der Waals surface area contributed by atoms with Crippen LogP contribution in [0.4, 0.5) is 13.2 Å². The van der Waals surface area contributed by atoms with Crippen molar-refractivity contribution < 1.29 is 57.6 Å². The summed E-state index contributed by atoms with van der Waals surface area (Å²) in [7, 11) is 0. The van der Waals surface area contributed by atoms with Gasteiger partial charge in [0.1, 0.15) is 11.5 Å². The Balaban J connectivity index is 0. The van der Waals surface area contributed by atoms with E-state index >= 15 is 0 Å². The van der Waals surface area contributed by atoms with Crippen molar-refractivity contribution in [1.82, 2.24) is 0 Å². The van der Waals surface area contributed by atoms with Gasteiger partial charge in [0.2, 0.25) is 0 Å². The van der Waals surface area contributed by atoms with E-state index in [0.29, 0.717) is 6.08 Å². The number of benzene rings is 1. The van der Waals surface area contributed by atoms with Gasteiger partial charge in [-0.1, -0.05) is 12.1 Å². The van der Waals surface area contributed by atoms with E-state index in [-0.39, 0.29) is 32.5 Å². The third-order valence-electron chi connectivity index (χ3n) is 2.11. The van der Waals surface area contributed by atoms with Gasteiger partial charge in [-0.25, -0.2) is 4.79 Å². The number of alkyl halides is 3. The second-order valence-corrected chi connectivity index (χ2v) is 3.69. The van der Waals surface area contributed by atoms with Gasteiger partial charge in [0.25, 0.3) is 5.78 Å². The summed E-state index contributed by atoms with van der Waals surface area (Å²) in [6.07, 6.45) is -4.32. The molecule has 0 radical (unpaired) electrons.